The molecule has 0 bridgehead atoms. The highest BCUT2D eigenvalue weighted by molar-refractivity contribution is 5.78. The third-order valence-electron chi connectivity index (χ3n) is 2.89. The molecule has 2 rings (SSSR count). The van der Waals surface area contributed by atoms with Crippen molar-refractivity contribution < 1.29 is 4.79 Å². The van der Waals surface area contributed by atoms with Crippen LogP contribution in [0.1, 0.15) is 18.7 Å². The molecule has 6 heteroatoms. The predicted molar refractivity (Wildman–Crippen MR) is 58.4 cm³/mol. The maximum absolute atomic E-state index is 11.8. The molecule has 1 aliphatic heterocycles. The Labute approximate surface area is 94.4 Å². The number of carbonyl (C=O) groups is 1. The van der Waals surface area contributed by atoms with E-state index in [2.05, 4.69) is 20.8 Å². The van der Waals surface area contributed by atoms with E-state index in [1.54, 1.807) is 10.9 Å². The minimum Gasteiger partial charge on any atom is -0.349 e. The summed E-state index contributed by atoms with van der Waals surface area (Å²) in [5.74, 6) is 0.981. The van der Waals surface area contributed by atoms with Gasteiger partial charge in [-0.15, -0.1) is 10.2 Å². The van der Waals surface area contributed by atoms with Crippen LogP contribution >= 0.6 is 0 Å². The first-order valence-corrected chi connectivity index (χ1v) is 5.58. The van der Waals surface area contributed by atoms with Gasteiger partial charge in [-0.1, -0.05) is 0 Å². The van der Waals surface area contributed by atoms with E-state index in [9.17, 15) is 4.79 Å². The normalized spacial score (nSPS) is 20.7. The molecule has 2 N–H and O–H groups in total. The summed E-state index contributed by atoms with van der Waals surface area (Å²) in [4.78, 5) is 11.8. The number of aromatic nitrogens is 3. The maximum Gasteiger partial charge on any atom is 0.224 e. The Kier molecular flexibility index (Phi) is 3.51. The van der Waals surface area contributed by atoms with Crippen LogP contribution in [0.2, 0.25) is 0 Å². The summed E-state index contributed by atoms with van der Waals surface area (Å²) >= 11 is 0. The van der Waals surface area contributed by atoms with Gasteiger partial charge in [0.25, 0.3) is 0 Å². The summed E-state index contributed by atoms with van der Waals surface area (Å²) < 4.78 is 1.80. The van der Waals surface area contributed by atoms with Gasteiger partial charge in [0.05, 0.1) is 12.5 Å². The number of carbonyl (C=O) groups excluding carboxylic acids is 1. The first-order chi connectivity index (χ1) is 7.77. The zero-order valence-electron chi connectivity index (χ0n) is 9.44. The molecule has 1 aromatic heterocycles. The molecule has 0 saturated carbocycles. The fourth-order valence-electron chi connectivity index (χ4n) is 1.85. The van der Waals surface area contributed by atoms with Gasteiger partial charge < -0.3 is 15.2 Å². The first-order valence-electron chi connectivity index (χ1n) is 5.58. The third kappa shape index (κ3) is 2.57. The monoisotopic (exact) mass is 223 g/mol. The van der Waals surface area contributed by atoms with E-state index in [1.807, 2.05) is 7.05 Å². The van der Waals surface area contributed by atoms with Crippen LogP contribution in [0.4, 0.5) is 0 Å². The molecule has 0 spiro atoms. The lowest BCUT2D eigenvalue weighted by Gasteiger charge is -2.21. The molecule has 1 aromatic rings. The summed E-state index contributed by atoms with van der Waals surface area (Å²) in [7, 11) is 1.86. The van der Waals surface area contributed by atoms with Crippen molar-refractivity contribution in [1.29, 1.82) is 0 Å². The average Bonchev–Trinajstić information content (AvgIpc) is 2.73. The minimum absolute atomic E-state index is 0.0991. The third-order valence-corrected chi connectivity index (χ3v) is 2.89. The second-order valence-electron chi connectivity index (χ2n) is 4.12. The fraction of sp³-hybridized carbons (Fsp3) is 0.700. The van der Waals surface area contributed by atoms with Crippen LogP contribution in [-0.4, -0.2) is 33.8 Å². The van der Waals surface area contributed by atoms with Crippen molar-refractivity contribution in [3.8, 4) is 0 Å². The maximum atomic E-state index is 11.8. The van der Waals surface area contributed by atoms with Gasteiger partial charge >= 0.3 is 0 Å². The molecule has 1 aliphatic rings. The van der Waals surface area contributed by atoms with Gasteiger partial charge in [0.2, 0.25) is 5.91 Å². The fourth-order valence-corrected chi connectivity index (χ4v) is 1.85. The van der Waals surface area contributed by atoms with Crippen LogP contribution in [0.3, 0.4) is 0 Å². The van der Waals surface area contributed by atoms with Gasteiger partial charge in [0.1, 0.15) is 6.33 Å². The molecular weight excluding hydrogens is 206 g/mol. The van der Waals surface area contributed by atoms with Crippen LogP contribution in [0.15, 0.2) is 6.33 Å². The highest BCUT2D eigenvalue weighted by atomic mass is 16.1. The number of nitrogens with zero attached hydrogens (tertiary/aromatic N) is 3. The van der Waals surface area contributed by atoms with Crippen LogP contribution in [0.25, 0.3) is 0 Å². The van der Waals surface area contributed by atoms with Gasteiger partial charge in [0, 0.05) is 13.6 Å². The Morgan fingerprint density at radius 3 is 3.25 bits per heavy atom. The van der Waals surface area contributed by atoms with Crippen LogP contribution in [0, 0.1) is 5.92 Å². The van der Waals surface area contributed by atoms with Crippen LogP contribution in [-0.2, 0) is 18.4 Å². The molecule has 1 amide bonds. The van der Waals surface area contributed by atoms with Gasteiger partial charge in [0.15, 0.2) is 5.82 Å². The Morgan fingerprint density at radius 1 is 1.75 bits per heavy atom. The highest BCUT2D eigenvalue weighted by Gasteiger charge is 2.20. The van der Waals surface area contributed by atoms with Crippen molar-refractivity contribution in [2.24, 2.45) is 13.0 Å². The van der Waals surface area contributed by atoms with Gasteiger partial charge in [-0.2, -0.15) is 0 Å². The van der Waals surface area contributed by atoms with Crippen LogP contribution < -0.4 is 10.6 Å². The summed E-state index contributed by atoms with van der Waals surface area (Å²) in [5, 5.41) is 13.8. The minimum atomic E-state index is 0.0991. The Hall–Kier alpha value is -1.43. The topological polar surface area (TPSA) is 71.8 Å². The van der Waals surface area contributed by atoms with E-state index in [-0.39, 0.29) is 11.8 Å². The molecule has 1 atom stereocenters. The van der Waals surface area contributed by atoms with E-state index in [1.165, 1.54) is 0 Å². The molecule has 88 valence electrons. The standard InChI is InChI=1S/C10H17N5O/c1-15-7-13-14-9(15)6-12-10(16)8-3-2-4-11-5-8/h7-8,11H,2-6H2,1H3,(H,12,16). The molecule has 6 nitrogen and oxygen atoms in total. The number of nitrogens with one attached hydrogen (secondary N) is 2. The van der Waals surface area contributed by atoms with Gasteiger partial charge in [-0.05, 0) is 19.4 Å². The van der Waals surface area contributed by atoms with Crippen molar-refractivity contribution in [1.82, 2.24) is 25.4 Å². The zero-order valence-corrected chi connectivity index (χ0v) is 9.44. The summed E-state index contributed by atoms with van der Waals surface area (Å²) in [5.41, 5.74) is 0. The molecule has 2 heterocycles. The Balaban J connectivity index is 1.81. The SMILES string of the molecule is Cn1cnnc1CNC(=O)C1CCCNC1. The van der Waals surface area contributed by atoms with Crippen LogP contribution in [0.5, 0.6) is 0 Å². The number of rotatable bonds is 3. The quantitative estimate of drug-likeness (QED) is 0.720. The van der Waals surface area contributed by atoms with E-state index in [4.69, 9.17) is 0 Å². The first kappa shape index (κ1) is 11.1. The van der Waals surface area contributed by atoms with E-state index in [0.29, 0.717) is 6.54 Å². The van der Waals surface area contributed by atoms with Crippen molar-refractivity contribution in [2.45, 2.75) is 19.4 Å². The van der Waals surface area contributed by atoms with E-state index >= 15 is 0 Å². The molecule has 1 fully saturated rings. The Bertz CT molecular complexity index is 356. The largest absolute Gasteiger partial charge is 0.349 e. The molecule has 16 heavy (non-hydrogen) atoms. The molecule has 1 saturated heterocycles. The zero-order chi connectivity index (χ0) is 11.4. The van der Waals surface area contributed by atoms with Crippen molar-refractivity contribution in [3.63, 3.8) is 0 Å². The molecule has 0 aromatic carbocycles. The van der Waals surface area contributed by atoms with Gasteiger partial charge in [-0.3, -0.25) is 4.79 Å². The number of hydrogen-bond donors (Lipinski definition) is 2. The van der Waals surface area contributed by atoms with E-state index in [0.717, 1.165) is 31.8 Å². The highest BCUT2D eigenvalue weighted by Crippen LogP contribution is 2.09. The second-order valence-corrected chi connectivity index (χ2v) is 4.12. The van der Waals surface area contributed by atoms with Crippen molar-refractivity contribution in [3.05, 3.63) is 12.2 Å². The molecule has 1 unspecified atom stereocenters. The molecule has 0 aliphatic carbocycles. The number of hydrogen-bond acceptors (Lipinski definition) is 4. The number of aryl methyl sites for hydroxylation is 1. The summed E-state index contributed by atoms with van der Waals surface area (Å²) in [6.45, 7) is 2.25. The number of piperidine rings is 1. The lowest BCUT2D eigenvalue weighted by atomic mass is 9.99. The summed E-state index contributed by atoms with van der Waals surface area (Å²) in [6, 6.07) is 0. The number of amides is 1. The Morgan fingerprint density at radius 2 is 2.62 bits per heavy atom. The molecular formula is C10H17N5O. The lowest BCUT2D eigenvalue weighted by molar-refractivity contribution is -0.125. The van der Waals surface area contributed by atoms with E-state index < -0.39 is 0 Å². The summed E-state index contributed by atoms with van der Waals surface area (Å²) in [6.07, 6.45) is 3.67. The van der Waals surface area contributed by atoms with Gasteiger partial charge in [-0.25, -0.2) is 0 Å². The predicted octanol–water partition coefficient (Wildman–Crippen LogP) is -0.569. The lowest BCUT2D eigenvalue weighted by Crippen LogP contribution is -2.40. The second kappa shape index (κ2) is 5.07. The smallest absolute Gasteiger partial charge is 0.224 e. The van der Waals surface area contributed by atoms with Crippen molar-refractivity contribution >= 4 is 5.91 Å². The average molecular weight is 223 g/mol. The molecule has 0 radical (unpaired) electrons. The van der Waals surface area contributed by atoms with Crippen molar-refractivity contribution in [2.75, 3.05) is 13.1 Å².